The predicted octanol–water partition coefficient (Wildman–Crippen LogP) is 1.20. The van der Waals surface area contributed by atoms with Gasteiger partial charge in [-0.25, -0.2) is 4.98 Å². The van der Waals surface area contributed by atoms with Crippen LogP contribution in [0.3, 0.4) is 0 Å². The summed E-state index contributed by atoms with van der Waals surface area (Å²) in [4.78, 5) is 17.2. The van der Waals surface area contributed by atoms with Crippen LogP contribution in [-0.2, 0) is 6.42 Å². The van der Waals surface area contributed by atoms with E-state index in [4.69, 9.17) is 0 Å². The van der Waals surface area contributed by atoms with E-state index in [1.54, 1.807) is 16.7 Å². The van der Waals surface area contributed by atoms with Gasteiger partial charge in [0.1, 0.15) is 17.0 Å². The van der Waals surface area contributed by atoms with Crippen molar-refractivity contribution in [3.05, 3.63) is 34.4 Å². The van der Waals surface area contributed by atoms with E-state index >= 15 is 0 Å². The number of benzene rings is 1. The highest BCUT2D eigenvalue weighted by Gasteiger charge is 2.22. The molecule has 1 atom stereocenters. The molecule has 0 spiro atoms. The molecule has 1 unspecified atom stereocenters. The van der Waals surface area contributed by atoms with Gasteiger partial charge in [-0.05, 0) is 25.1 Å². The van der Waals surface area contributed by atoms with Crippen LogP contribution >= 0.6 is 0 Å². The van der Waals surface area contributed by atoms with Crippen LogP contribution in [0.25, 0.3) is 10.9 Å². The number of phenols is 1. The maximum atomic E-state index is 12.7. The van der Waals surface area contributed by atoms with Crippen molar-refractivity contribution in [3.63, 3.8) is 0 Å². The average Bonchev–Trinajstić information content (AvgIpc) is 2.91. The summed E-state index contributed by atoms with van der Waals surface area (Å²) < 4.78 is 1.75. The number of nitrogens with zero attached hydrogens (tertiary/aromatic N) is 2. The third-order valence-electron chi connectivity index (χ3n) is 3.70. The lowest BCUT2D eigenvalue weighted by Crippen LogP contribution is -2.30. The van der Waals surface area contributed by atoms with Gasteiger partial charge < -0.3 is 10.4 Å². The molecule has 2 heterocycles. The molecule has 5 nitrogen and oxygen atoms in total. The standard InChI is InChI=1S/C14H17N3O2/c1-2-12-16-10-4-3-5-11(18)13(10)14(19)17(12)9-6-7-15-8-9/h3-5,9,15,18H,2,6-8H2,1H3. The van der Waals surface area contributed by atoms with Crippen molar-refractivity contribution in [2.75, 3.05) is 13.1 Å². The Kier molecular flexibility index (Phi) is 2.98. The van der Waals surface area contributed by atoms with Gasteiger partial charge in [0.15, 0.2) is 0 Å². The van der Waals surface area contributed by atoms with E-state index in [0.29, 0.717) is 17.3 Å². The van der Waals surface area contributed by atoms with Gasteiger partial charge in [0.25, 0.3) is 5.56 Å². The van der Waals surface area contributed by atoms with E-state index in [1.807, 2.05) is 6.92 Å². The predicted molar refractivity (Wildman–Crippen MR) is 73.6 cm³/mol. The molecule has 100 valence electrons. The average molecular weight is 259 g/mol. The van der Waals surface area contributed by atoms with E-state index < -0.39 is 0 Å². The number of fused-ring (bicyclic) bond motifs is 1. The summed E-state index contributed by atoms with van der Waals surface area (Å²) in [7, 11) is 0. The number of aromatic hydroxyl groups is 1. The van der Waals surface area contributed by atoms with Crippen molar-refractivity contribution < 1.29 is 5.11 Å². The topological polar surface area (TPSA) is 67.2 Å². The highest BCUT2D eigenvalue weighted by atomic mass is 16.3. The second-order valence-corrected chi connectivity index (χ2v) is 4.87. The SMILES string of the molecule is CCc1nc2cccc(O)c2c(=O)n1C1CCNC1. The fourth-order valence-corrected chi connectivity index (χ4v) is 2.76. The largest absolute Gasteiger partial charge is 0.507 e. The molecule has 5 heteroatoms. The van der Waals surface area contributed by atoms with Gasteiger partial charge in [0, 0.05) is 13.0 Å². The lowest BCUT2D eigenvalue weighted by Gasteiger charge is -2.18. The molecule has 1 aromatic carbocycles. The minimum atomic E-state index is -0.131. The zero-order valence-corrected chi connectivity index (χ0v) is 10.9. The molecule has 1 fully saturated rings. The fourth-order valence-electron chi connectivity index (χ4n) is 2.76. The van der Waals surface area contributed by atoms with Gasteiger partial charge >= 0.3 is 0 Å². The maximum absolute atomic E-state index is 12.7. The molecule has 19 heavy (non-hydrogen) atoms. The first kappa shape index (κ1) is 12.2. The fraction of sp³-hybridized carbons (Fsp3) is 0.429. The van der Waals surface area contributed by atoms with E-state index in [9.17, 15) is 9.90 Å². The van der Waals surface area contributed by atoms with Crippen molar-refractivity contribution in [2.24, 2.45) is 0 Å². The molecular formula is C14H17N3O2. The van der Waals surface area contributed by atoms with Crippen LogP contribution in [-0.4, -0.2) is 27.7 Å². The first-order valence-corrected chi connectivity index (χ1v) is 6.66. The second kappa shape index (κ2) is 4.66. The van der Waals surface area contributed by atoms with E-state index in [-0.39, 0.29) is 17.4 Å². The van der Waals surface area contributed by atoms with Crippen molar-refractivity contribution in [1.29, 1.82) is 0 Å². The molecule has 1 aliphatic heterocycles. The Morgan fingerprint density at radius 1 is 1.53 bits per heavy atom. The first-order valence-electron chi connectivity index (χ1n) is 6.66. The van der Waals surface area contributed by atoms with Crippen molar-refractivity contribution in [1.82, 2.24) is 14.9 Å². The zero-order chi connectivity index (χ0) is 13.4. The number of hydrogen-bond acceptors (Lipinski definition) is 4. The molecular weight excluding hydrogens is 242 g/mol. The van der Waals surface area contributed by atoms with Gasteiger partial charge in [0.05, 0.1) is 11.6 Å². The highest BCUT2D eigenvalue weighted by Crippen LogP contribution is 2.22. The van der Waals surface area contributed by atoms with Crippen molar-refractivity contribution in [2.45, 2.75) is 25.8 Å². The summed E-state index contributed by atoms with van der Waals surface area (Å²) in [6.45, 7) is 3.70. The number of rotatable bonds is 2. The van der Waals surface area contributed by atoms with E-state index in [0.717, 1.165) is 25.3 Å². The Morgan fingerprint density at radius 3 is 3.05 bits per heavy atom. The summed E-state index contributed by atoms with van der Waals surface area (Å²) in [6, 6.07) is 5.16. The minimum absolute atomic E-state index is 0.0114. The lowest BCUT2D eigenvalue weighted by molar-refractivity contribution is 0.475. The Labute approximate surface area is 110 Å². The second-order valence-electron chi connectivity index (χ2n) is 4.87. The number of hydrogen-bond donors (Lipinski definition) is 2. The quantitative estimate of drug-likeness (QED) is 0.850. The Morgan fingerprint density at radius 2 is 2.37 bits per heavy atom. The highest BCUT2D eigenvalue weighted by molar-refractivity contribution is 5.83. The van der Waals surface area contributed by atoms with Gasteiger partial charge in [-0.3, -0.25) is 9.36 Å². The maximum Gasteiger partial charge on any atom is 0.265 e. The summed E-state index contributed by atoms with van der Waals surface area (Å²) in [6.07, 6.45) is 1.63. The van der Waals surface area contributed by atoms with Gasteiger partial charge in [-0.1, -0.05) is 13.0 Å². The van der Waals surface area contributed by atoms with E-state index in [1.165, 1.54) is 6.07 Å². The normalized spacial score (nSPS) is 19.1. The Hall–Kier alpha value is -1.88. The van der Waals surface area contributed by atoms with Crippen molar-refractivity contribution >= 4 is 10.9 Å². The zero-order valence-electron chi connectivity index (χ0n) is 10.9. The molecule has 2 N–H and O–H groups in total. The van der Waals surface area contributed by atoms with E-state index in [2.05, 4.69) is 10.3 Å². The van der Waals surface area contributed by atoms with Gasteiger partial charge in [0.2, 0.25) is 0 Å². The van der Waals surface area contributed by atoms with Crippen LogP contribution < -0.4 is 10.9 Å². The molecule has 0 radical (unpaired) electrons. The van der Waals surface area contributed by atoms with Crippen LogP contribution in [0.1, 0.15) is 25.2 Å². The number of phenolic OH excluding ortho intramolecular Hbond substituents is 1. The molecule has 0 aliphatic carbocycles. The first-order chi connectivity index (χ1) is 9.22. The lowest BCUT2D eigenvalue weighted by atomic mass is 10.2. The molecule has 1 saturated heterocycles. The summed E-state index contributed by atoms with van der Waals surface area (Å²) in [5, 5.41) is 13.5. The smallest absolute Gasteiger partial charge is 0.265 e. The summed E-state index contributed by atoms with van der Waals surface area (Å²) in [5.74, 6) is 0.800. The monoisotopic (exact) mass is 259 g/mol. The Bertz CT molecular complexity index is 672. The van der Waals surface area contributed by atoms with Gasteiger partial charge in [-0.15, -0.1) is 0 Å². The molecule has 3 rings (SSSR count). The Balaban J connectivity index is 2.33. The molecule has 0 bridgehead atoms. The third-order valence-corrected chi connectivity index (χ3v) is 3.70. The van der Waals surface area contributed by atoms with Crippen LogP contribution in [0.15, 0.2) is 23.0 Å². The molecule has 1 aromatic heterocycles. The van der Waals surface area contributed by atoms with Crippen LogP contribution in [0.2, 0.25) is 0 Å². The summed E-state index contributed by atoms with van der Waals surface area (Å²) >= 11 is 0. The van der Waals surface area contributed by atoms with Gasteiger partial charge in [-0.2, -0.15) is 0 Å². The van der Waals surface area contributed by atoms with Crippen molar-refractivity contribution in [3.8, 4) is 5.75 Å². The minimum Gasteiger partial charge on any atom is -0.507 e. The summed E-state index contributed by atoms with van der Waals surface area (Å²) in [5.41, 5.74) is 0.442. The number of nitrogens with one attached hydrogen (secondary N) is 1. The molecule has 0 saturated carbocycles. The number of aryl methyl sites for hydroxylation is 1. The van der Waals surface area contributed by atoms with Crippen LogP contribution in [0, 0.1) is 0 Å². The number of aromatic nitrogens is 2. The third kappa shape index (κ3) is 1.90. The van der Waals surface area contributed by atoms with Crippen LogP contribution in [0.5, 0.6) is 5.75 Å². The molecule has 2 aromatic rings. The van der Waals surface area contributed by atoms with Crippen LogP contribution in [0.4, 0.5) is 0 Å². The molecule has 0 amide bonds. The molecule has 1 aliphatic rings.